The highest BCUT2D eigenvalue weighted by Gasteiger charge is 2.36. The molecule has 2 rings (SSSR count). The van der Waals surface area contributed by atoms with Gasteiger partial charge in [0.15, 0.2) is 0 Å². The van der Waals surface area contributed by atoms with Crippen LogP contribution < -0.4 is 5.73 Å². The van der Waals surface area contributed by atoms with Crippen molar-refractivity contribution in [3.05, 3.63) is 34.9 Å². The van der Waals surface area contributed by atoms with E-state index in [9.17, 15) is 0 Å². The van der Waals surface area contributed by atoms with Crippen molar-refractivity contribution in [1.29, 1.82) is 0 Å². The van der Waals surface area contributed by atoms with Crippen LogP contribution in [0.2, 0.25) is 5.02 Å². The van der Waals surface area contributed by atoms with E-state index in [1.807, 2.05) is 12.1 Å². The van der Waals surface area contributed by atoms with Crippen molar-refractivity contribution in [3.8, 4) is 0 Å². The highest BCUT2D eigenvalue weighted by atomic mass is 35.5. The van der Waals surface area contributed by atoms with Crippen LogP contribution in [-0.2, 0) is 11.2 Å². The summed E-state index contributed by atoms with van der Waals surface area (Å²) in [7, 11) is 0. The molecule has 2 atom stereocenters. The molecule has 0 radical (unpaired) electrons. The van der Waals surface area contributed by atoms with Gasteiger partial charge in [0.25, 0.3) is 0 Å². The molecule has 1 fully saturated rings. The van der Waals surface area contributed by atoms with Gasteiger partial charge in [-0.25, -0.2) is 0 Å². The summed E-state index contributed by atoms with van der Waals surface area (Å²) in [4.78, 5) is 2.48. The van der Waals surface area contributed by atoms with Crippen LogP contribution in [0.4, 0.5) is 0 Å². The minimum Gasteiger partial charge on any atom is -0.379 e. The number of ether oxygens (including phenoxy) is 1. The maximum atomic E-state index is 6.55. The van der Waals surface area contributed by atoms with Crippen LogP contribution in [0.3, 0.4) is 0 Å². The van der Waals surface area contributed by atoms with Crippen molar-refractivity contribution in [1.82, 2.24) is 4.90 Å². The Bertz CT molecular complexity index is 417. The van der Waals surface area contributed by atoms with E-state index in [1.165, 1.54) is 5.56 Å². The summed E-state index contributed by atoms with van der Waals surface area (Å²) in [6.45, 7) is 8.06. The molecule has 0 amide bonds. The molecular weight excluding hydrogens is 272 g/mol. The SMILES string of the molecule is CCC(C)(C(N)Cc1ccc(Cl)cc1)N1CCOCC1. The Labute approximate surface area is 127 Å². The zero-order chi connectivity index (χ0) is 14.6. The second kappa shape index (κ2) is 6.90. The number of nitrogens with zero attached hydrogens (tertiary/aromatic N) is 1. The summed E-state index contributed by atoms with van der Waals surface area (Å²) in [6, 6.07) is 8.10. The maximum absolute atomic E-state index is 6.55. The molecule has 0 saturated carbocycles. The Hall–Kier alpha value is -0.610. The predicted molar refractivity (Wildman–Crippen MR) is 84.2 cm³/mol. The molecule has 0 aliphatic carbocycles. The number of hydrogen-bond acceptors (Lipinski definition) is 3. The zero-order valence-corrected chi connectivity index (χ0v) is 13.2. The normalized spacial score (nSPS) is 21.4. The number of nitrogens with two attached hydrogens (primary N) is 1. The summed E-state index contributed by atoms with van der Waals surface area (Å²) >= 11 is 5.93. The predicted octanol–water partition coefficient (Wildman–Crippen LogP) is 2.71. The Morgan fingerprint density at radius 3 is 2.45 bits per heavy atom. The van der Waals surface area contributed by atoms with Gasteiger partial charge in [0.05, 0.1) is 13.2 Å². The fourth-order valence-corrected chi connectivity index (χ4v) is 3.01. The Morgan fingerprint density at radius 2 is 1.90 bits per heavy atom. The van der Waals surface area contributed by atoms with Crippen molar-refractivity contribution in [2.24, 2.45) is 5.73 Å². The van der Waals surface area contributed by atoms with E-state index in [4.69, 9.17) is 22.1 Å². The molecule has 0 aromatic heterocycles. The molecule has 4 heteroatoms. The number of benzene rings is 1. The molecule has 1 heterocycles. The van der Waals surface area contributed by atoms with E-state index in [1.54, 1.807) is 0 Å². The van der Waals surface area contributed by atoms with E-state index in [0.717, 1.165) is 44.2 Å². The monoisotopic (exact) mass is 296 g/mol. The van der Waals surface area contributed by atoms with Crippen molar-refractivity contribution < 1.29 is 4.74 Å². The summed E-state index contributed by atoms with van der Waals surface area (Å²) in [5, 5.41) is 0.772. The number of morpholine rings is 1. The Kier molecular flexibility index (Phi) is 5.44. The average Bonchev–Trinajstić information content (AvgIpc) is 2.49. The molecule has 112 valence electrons. The van der Waals surface area contributed by atoms with Gasteiger partial charge in [-0.1, -0.05) is 30.7 Å². The number of halogens is 1. The standard InChI is InChI=1S/C16H25ClN2O/c1-3-16(2,19-8-10-20-11-9-19)15(18)12-13-4-6-14(17)7-5-13/h4-7,15H,3,8-12,18H2,1-2H3. The molecule has 0 bridgehead atoms. The van der Waals surface area contributed by atoms with Gasteiger partial charge in [-0.3, -0.25) is 4.90 Å². The van der Waals surface area contributed by atoms with Gasteiger partial charge in [-0.05, 0) is 37.5 Å². The minimum atomic E-state index is 0.0173. The average molecular weight is 297 g/mol. The van der Waals surface area contributed by atoms with Gasteiger partial charge in [-0.15, -0.1) is 0 Å². The third kappa shape index (κ3) is 3.53. The summed E-state index contributed by atoms with van der Waals surface area (Å²) < 4.78 is 5.45. The van der Waals surface area contributed by atoms with E-state index in [2.05, 4.69) is 30.9 Å². The van der Waals surface area contributed by atoms with E-state index >= 15 is 0 Å². The van der Waals surface area contributed by atoms with Gasteiger partial charge in [0, 0.05) is 29.7 Å². The molecule has 2 unspecified atom stereocenters. The van der Waals surface area contributed by atoms with Crippen LogP contribution in [0.1, 0.15) is 25.8 Å². The lowest BCUT2D eigenvalue weighted by Gasteiger charge is -2.46. The fraction of sp³-hybridized carbons (Fsp3) is 0.625. The van der Waals surface area contributed by atoms with Crippen molar-refractivity contribution in [2.75, 3.05) is 26.3 Å². The molecule has 20 heavy (non-hydrogen) atoms. The molecular formula is C16H25ClN2O. The first-order valence-corrected chi connectivity index (χ1v) is 7.77. The molecule has 1 aliphatic rings. The van der Waals surface area contributed by atoms with Crippen molar-refractivity contribution in [3.63, 3.8) is 0 Å². The van der Waals surface area contributed by atoms with Gasteiger partial charge < -0.3 is 10.5 Å². The topological polar surface area (TPSA) is 38.5 Å². The van der Waals surface area contributed by atoms with Crippen LogP contribution in [0.15, 0.2) is 24.3 Å². The second-order valence-electron chi connectivity index (χ2n) is 5.75. The number of rotatable bonds is 5. The van der Waals surface area contributed by atoms with Crippen LogP contribution in [0.5, 0.6) is 0 Å². The van der Waals surface area contributed by atoms with Gasteiger partial charge in [-0.2, -0.15) is 0 Å². The Balaban J connectivity index is 2.07. The van der Waals surface area contributed by atoms with E-state index in [0.29, 0.717) is 0 Å². The lowest BCUT2D eigenvalue weighted by molar-refractivity contribution is -0.0272. The highest BCUT2D eigenvalue weighted by molar-refractivity contribution is 6.30. The second-order valence-corrected chi connectivity index (χ2v) is 6.18. The van der Waals surface area contributed by atoms with Crippen LogP contribution >= 0.6 is 11.6 Å². The summed E-state index contributed by atoms with van der Waals surface area (Å²) in [6.07, 6.45) is 1.92. The first-order chi connectivity index (χ1) is 9.56. The van der Waals surface area contributed by atoms with Crippen LogP contribution in [0.25, 0.3) is 0 Å². The van der Waals surface area contributed by atoms with E-state index < -0.39 is 0 Å². The smallest absolute Gasteiger partial charge is 0.0594 e. The molecule has 3 nitrogen and oxygen atoms in total. The first-order valence-electron chi connectivity index (χ1n) is 7.39. The lowest BCUT2D eigenvalue weighted by atomic mass is 9.84. The number of hydrogen-bond donors (Lipinski definition) is 1. The molecule has 0 spiro atoms. The van der Waals surface area contributed by atoms with Crippen molar-refractivity contribution >= 4 is 11.6 Å². The quantitative estimate of drug-likeness (QED) is 0.908. The maximum Gasteiger partial charge on any atom is 0.0594 e. The summed E-state index contributed by atoms with van der Waals surface area (Å²) in [5.74, 6) is 0. The summed E-state index contributed by atoms with van der Waals surface area (Å²) in [5.41, 5.74) is 7.81. The molecule has 2 N–H and O–H groups in total. The van der Waals surface area contributed by atoms with Gasteiger partial charge >= 0.3 is 0 Å². The molecule has 1 aromatic rings. The zero-order valence-electron chi connectivity index (χ0n) is 12.4. The largest absolute Gasteiger partial charge is 0.379 e. The lowest BCUT2D eigenvalue weighted by Crippen LogP contribution is -2.61. The molecule has 1 saturated heterocycles. The van der Waals surface area contributed by atoms with Crippen LogP contribution in [0, 0.1) is 0 Å². The molecule has 1 aromatic carbocycles. The Morgan fingerprint density at radius 1 is 1.30 bits per heavy atom. The van der Waals surface area contributed by atoms with Gasteiger partial charge in [0.2, 0.25) is 0 Å². The molecule has 1 aliphatic heterocycles. The van der Waals surface area contributed by atoms with Crippen LogP contribution in [-0.4, -0.2) is 42.8 Å². The fourth-order valence-electron chi connectivity index (χ4n) is 2.89. The highest BCUT2D eigenvalue weighted by Crippen LogP contribution is 2.26. The van der Waals surface area contributed by atoms with Crippen molar-refractivity contribution in [2.45, 2.75) is 38.3 Å². The van der Waals surface area contributed by atoms with E-state index in [-0.39, 0.29) is 11.6 Å². The third-order valence-corrected chi connectivity index (χ3v) is 4.87. The minimum absolute atomic E-state index is 0.0173. The van der Waals surface area contributed by atoms with Gasteiger partial charge in [0.1, 0.15) is 0 Å². The first kappa shape index (κ1) is 15.8. The third-order valence-electron chi connectivity index (χ3n) is 4.62.